The number of hydrogen-bond donors (Lipinski definition) is 0. The van der Waals surface area contributed by atoms with E-state index in [0.717, 1.165) is 56.2 Å². The van der Waals surface area contributed by atoms with Crippen LogP contribution in [0.15, 0.2) is 96.4 Å². The molecule has 0 N–H and O–H groups in total. The first-order valence-corrected chi connectivity index (χ1v) is 16.9. The quantitative estimate of drug-likeness (QED) is 0.178. The number of rotatable bonds is 13. The van der Waals surface area contributed by atoms with Crippen molar-refractivity contribution in [2.24, 2.45) is 4.99 Å². The minimum absolute atomic E-state index is 0.162. The molecule has 0 saturated carbocycles. The number of aliphatic imine (C=N–C) groups is 1. The third-order valence-electron chi connectivity index (χ3n) is 8.77. The second-order valence-corrected chi connectivity index (χ2v) is 12.1. The number of nitrogens with zero attached hydrogens (tertiary/aromatic N) is 5. The Balaban J connectivity index is 0.000000546. The highest BCUT2D eigenvalue weighted by molar-refractivity contribution is 5.71. The van der Waals surface area contributed by atoms with Crippen LogP contribution < -0.4 is 9.47 Å². The molecule has 248 valence electrons. The molecule has 3 aromatic carbocycles. The van der Waals surface area contributed by atoms with Crippen LogP contribution in [0.25, 0.3) is 0 Å². The van der Waals surface area contributed by atoms with Crippen molar-refractivity contribution in [3.05, 3.63) is 119 Å². The fourth-order valence-corrected chi connectivity index (χ4v) is 6.05. The van der Waals surface area contributed by atoms with Crippen molar-refractivity contribution in [1.82, 2.24) is 14.7 Å². The minimum atomic E-state index is 0.162. The normalized spacial score (nSPS) is 14.8. The van der Waals surface area contributed by atoms with Gasteiger partial charge in [0.05, 0.1) is 31.9 Å². The number of hydrogen-bond acceptors (Lipinski definition) is 7. The van der Waals surface area contributed by atoms with Crippen LogP contribution in [-0.2, 0) is 13.0 Å². The molecule has 47 heavy (non-hydrogen) atoms. The summed E-state index contributed by atoms with van der Waals surface area (Å²) in [6.45, 7) is 6.94. The van der Waals surface area contributed by atoms with E-state index >= 15 is 0 Å². The average Bonchev–Trinajstić information content (AvgIpc) is 3.37. The summed E-state index contributed by atoms with van der Waals surface area (Å²) in [6, 6.07) is 25.9. The van der Waals surface area contributed by atoms with E-state index in [1.165, 1.54) is 54.4 Å². The molecule has 0 amide bonds. The zero-order valence-electron chi connectivity index (χ0n) is 28.6. The highest BCUT2D eigenvalue weighted by Crippen LogP contribution is 2.32. The van der Waals surface area contributed by atoms with Gasteiger partial charge in [0.15, 0.2) is 0 Å². The lowest BCUT2D eigenvalue weighted by Crippen LogP contribution is -2.47. The Morgan fingerprint density at radius 2 is 1.45 bits per heavy atom. The van der Waals surface area contributed by atoms with E-state index in [0.29, 0.717) is 0 Å². The summed E-state index contributed by atoms with van der Waals surface area (Å²) in [7, 11) is 5.37. The summed E-state index contributed by atoms with van der Waals surface area (Å²) in [4.78, 5) is 10.9. The van der Waals surface area contributed by atoms with Crippen molar-refractivity contribution in [3.63, 3.8) is 0 Å². The van der Waals surface area contributed by atoms with Gasteiger partial charge < -0.3 is 14.4 Å². The third-order valence-corrected chi connectivity index (χ3v) is 8.77. The molecule has 3 aromatic rings. The summed E-state index contributed by atoms with van der Waals surface area (Å²) in [5.41, 5.74) is 5.85. The van der Waals surface area contributed by atoms with Gasteiger partial charge in [0, 0.05) is 64.6 Å². The number of nitriles is 1. The van der Waals surface area contributed by atoms with E-state index < -0.39 is 0 Å². The maximum atomic E-state index is 9.76. The highest BCUT2D eigenvalue weighted by Gasteiger charge is 2.27. The maximum Gasteiger partial charge on any atom is 0.118 e. The van der Waals surface area contributed by atoms with Gasteiger partial charge in [0.1, 0.15) is 11.5 Å². The van der Waals surface area contributed by atoms with Crippen LogP contribution in [0.1, 0.15) is 72.9 Å². The molecule has 0 atom stereocenters. The van der Waals surface area contributed by atoms with Crippen molar-refractivity contribution in [2.75, 3.05) is 47.4 Å². The molecule has 0 radical (unpaired) electrons. The number of aryl methyl sites for hydroxylation is 1. The lowest BCUT2D eigenvalue weighted by molar-refractivity contribution is 0.105. The predicted molar refractivity (Wildman–Crippen MR) is 193 cm³/mol. The molecule has 5 rings (SSSR count). The monoisotopic (exact) mass is 633 g/mol. The lowest BCUT2D eigenvalue weighted by atomic mass is 9.96. The molecule has 0 unspecified atom stereocenters. The average molecular weight is 634 g/mol. The van der Waals surface area contributed by atoms with Crippen molar-refractivity contribution in [1.29, 1.82) is 5.26 Å². The van der Waals surface area contributed by atoms with Crippen LogP contribution >= 0.6 is 0 Å². The van der Waals surface area contributed by atoms with E-state index in [1.807, 2.05) is 60.8 Å². The Bertz CT molecular complexity index is 1420. The molecule has 1 saturated heterocycles. The van der Waals surface area contributed by atoms with Crippen molar-refractivity contribution in [3.8, 4) is 17.6 Å². The molecular formula is C40H51N5O2. The van der Waals surface area contributed by atoms with Gasteiger partial charge in [0.2, 0.25) is 0 Å². The molecule has 0 bridgehead atoms. The van der Waals surface area contributed by atoms with Crippen LogP contribution in [0.3, 0.4) is 0 Å². The van der Waals surface area contributed by atoms with E-state index in [-0.39, 0.29) is 6.04 Å². The van der Waals surface area contributed by atoms with Crippen LogP contribution in [0, 0.1) is 11.3 Å². The fourth-order valence-electron chi connectivity index (χ4n) is 6.05. The summed E-state index contributed by atoms with van der Waals surface area (Å²) < 4.78 is 10.8. The summed E-state index contributed by atoms with van der Waals surface area (Å²) in [5, 5.41) is 9.76. The van der Waals surface area contributed by atoms with Gasteiger partial charge in [-0.3, -0.25) is 14.8 Å². The van der Waals surface area contributed by atoms with Gasteiger partial charge in [0.25, 0.3) is 0 Å². The SMILES string of the molecule is CCCCCCCc1ccc(C#N)c(CN2CCN(C(c3ccc(OC)cc3)c3ccc(OC)cc3)CC2)c1.CN1C=CC=NC=C1. The predicted octanol–water partition coefficient (Wildman–Crippen LogP) is 7.98. The summed E-state index contributed by atoms with van der Waals surface area (Å²) in [6.07, 6.45) is 16.7. The minimum Gasteiger partial charge on any atom is -0.497 e. The fraction of sp³-hybridized carbons (Fsp3) is 0.400. The Hall–Kier alpha value is -4.38. The van der Waals surface area contributed by atoms with Gasteiger partial charge >= 0.3 is 0 Å². The zero-order chi connectivity index (χ0) is 33.3. The van der Waals surface area contributed by atoms with E-state index in [2.05, 4.69) is 64.2 Å². The third kappa shape index (κ3) is 11.1. The Kier molecular flexibility index (Phi) is 14.6. The summed E-state index contributed by atoms with van der Waals surface area (Å²) >= 11 is 0. The van der Waals surface area contributed by atoms with Gasteiger partial charge in [-0.15, -0.1) is 0 Å². The Morgan fingerprint density at radius 1 is 0.809 bits per heavy atom. The number of ether oxygens (including phenoxy) is 2. The van der Waals surface area contributed by atoms with E-state index in [4.69, 9.17) is 9.47 Å². The molecular weight excluding hydrogens is 582 g/mol. The molecule has 1 fully saturated rings. The standard InChI is InChI=1S/C34H43N3O2.C6H8N2/c1-4-5-6-7-8-9-27-10-11-30(25-35)31(24-27)26-36-20-22-37(23-21-36)34(28-12-16-32(38-2)17-13-28)29-14-18-33(39-3)19-15-29;1-8-5-2-3-7-4-6-8/h10-19,24,34H,4-9,20-23,26H2,1-3H3;2-6H,1H3. The maximum absolute atomic E-state index is 9.76. The number of unbranched alkanes of at least 4 members (excludes halogenated alkanes) is 4. The summed E-state index contributed by atoms with van der Waals surface area (Å²) in [5.74, 6) is 1.74. The van der Waals surface area contributed by atoms with E-state index in [9.17, 15) is 5.26 Å². The van der Waals surface area contributed by atoms with Crippen LogP contribution in [-0.4, -0.2) is 68.4 Å². The first-order chi connectivity index (χ1) is 23.0. The molecule has 0 aromatic heterocycles. The van der Waals surface area contributed by atoms with Crippen molar-refractivity contribution in [2.45, 2.75) is 58.0 Å². The lowest BCUT2D eigenvalue weighted by Gasteiger charge is -2.40. The number of allylic oxidation sites excluding steroid dienone is 1. The number of methoxy groups -OCH3 is 2. The number of benzene rings is 3. The van der Waals surface area contributed by atoms with Gasteiger partial charge in [-0.05, 0) is 71.5 Å². The second kappa shape index (κ2) is 19.3. The van der Waals surface area contributed by atoms with Crippen molar-refractivity contribution >= 4 is 6.21 Å². The largest absolute Gasteiger partial charge is 0.497 e. The zero-order valence-corrected chi connectivity index (χ0v) is 28.6. The van der Waals surface area contributed by atoms with Gasteiger partial charge in [-0.25, -0.2) is 0 Å². The van der Waals surface area contributed by atoms with Crippen LogP contribution in [0.4, 0.5) is 0 Å². The van der Waals surface area contributed by atoms with Crippen molar-refractivity contribution < 1.29 is 9.47 Å². The van der Waals surface area contributed by atoms with Crippen LogP contribution in [0.2, 0.25) is 0 Å². The first kappa shape index (κ1) is 35.5. The molecule has 2 aliphatic heterocycles. The number of piperazine rings is 1. The molecule has 7 nitrogen and oxygen atoms in total. The smallest absolute Gasteiger partial charge is 0.118 e. The van der Waals surface area contributed by atoms with Crippen LogP contribution in [0.5, 0.6) is 11.5 Å². The second-order valence-electron chi connectivity index (χ2n) is 12.1. The van der Waals surface area contributed by atoms with Gasteiger partial charge in [-0.2, -0.15) is 5.26 Å². The Morgan fingerprint density at radius 3 is 2.04 bits per heavy atom. The van der Waals surface area contributed by atoms with Gasteiger partial charge in [-0.1, -0.05) is 69.0 Å². The molecule has 2 heterocycles. The topological polar surface area (TPSA) is 64.3 Å². The molecule has 0 spiro atoms. The highest BCUT2D eigenvalue weighted by atomic mass is 16.5. The molecule has 7 heteroatoms. The molecule has 2 aliphatic rings. The Labute approximate surface area is 282 Å². The first-order valence-electron chi connectivity index (χ1n) is 16.9. The molecule has 0 aliphatic carbocycles. The van der Waals surface area contributed by atoms with E-state index in [1.54, 1.807) is 26.6 Å².